The van der Waals surface area contributed by atoms with Crippen LogP contribution in [0.5, 0.6) is 0 Å². The molecule has 0 saturated heterocycles. The molecular formula is C16H22ClN3O. The van der Waals surface area contributed by atoms with E-state index in [1.165, 1.54) is 0 Å². The third-order valence-electron chi connectivity index (χ3n) is 3.41. The van der Waals surface area contributed by atoms with Gasteiger partial charge in [-0.05, 0) is 30.5 Å². The molecule has 0 aliphatic heterocycles. The van der Waals surface area contributed by atoms with Gasteiger partial charge in [-0.1, -0.05) is 31.5 Å². The molecule has 1 aromatic carbocycles. The summed E-state index contributed by atoms with van der Waals surface area (Å²) in [6.07, 6.45) is 1.95. The predicted octanol–water partition coefficient (Wildman–Crippen LogP) is 3.07. The van der Waals surface area contributed by atoms with Crippen LogP contribution in [0, 0.1) is 5.92 Å². The SMILES string of the molecule is CC(C)CNC(=O)C(C)NCc1c[nH]c2cc(Cl)ccc12. The van der Waals surface area contributed by atoms with E-state index in [2.05, 4.69) is 29.5 Å². The molecule has 5 heteroatoms. The van der Waals surface area contributed by atoms with E-state index >= 15 is 0 Å². The number of carbonyl (C=O) groups excluding carboxylic acids is 1. The quantitative estimate of drug-likeness (QED) is 0.768. The van der Waals surface area contributed by atoms with E-state index in [1.54, 1.807) is 0 Å². The van der Waals surface area contributed by atoms with Gasteiger partial charge in [-0.25, -0.2) is 0 Å². The lowest BCUT2D eigenvalue weighted by atomic mass is 10.1. The summed E-state index contributed by atoms with van der Waals surface area (Å²) in [7, 11) is 0. The largest absolute Gasteiger partial charge is 0.361 e. The second-order valence-electron chi connectivity index (χ2n) is 5.75. The number of rotatable bonds is 6. The first-order chi connectivity index (χ1) is 9.97. The van der Waals surface area contributed by atoms with Crippen LogP contribution in [0.1, 0.15) is 26.3 Å². The predicted molar refractivity (Wildman–Crippen MR) is 87.5 cm³/mol. The summed E-state index contributed by atoms with van der Waals surface area (Å²) >= 11 is 5.97. The number of carbonyl (C=O) groups is 1. The van der Waals surface area contributed by atoms with Gasteiger partial charge in [0.25, 0.3) is 0 Å². The molecule has 3 N–H and O–H groups in total. The van der Waals surface area contributed by atoms with Crippen molar-refractivity contribution in [2.75, 3.05) is 6.54 Å². The lowest BCUT2D eigenvalue weighted by Gasteiger charge is -2.15. The molecule has 0 saturated carbocycles. The maximum atomic E-state index is 11.9. The number of benzene rings is 1. The minimum atomic E-state index is -0.221. The lowest BCUT2D eigenvalue weighted by molar-refractivity contribution is -0.122. The summed E-state index contributed by atoms with van der Waals surface area (Å²) < 4.78 is 0. The molecule has 114 valence electrons. The van der Waals surface area contributed by atoms with Crippen molar-refractivity contribution in [3.05, 3.63) is 35.0 Å². The zero-order chi connectivity index (χ0) is 15.4. The Balaban J connectivity index is 1.93. The van der Waals surface area contributed by atoms with E-state index in [1.807, 2.05) is 31.3 Å². The Bertz CT molecular complexity index is 621. The Kier molecular flexibility index (Phi) is 5.26. The van der Waals surface area contributed by atoms with Crippen molar-refractivity contribution in [3.63, 3.8) is 0 Å². The van der Waals surface area contributed by atoms with Gasteiger partial charge in [0.05, 0.1) is 6.04 Å². The lowest BCUT2D eigenvalue weighted by Crippen LogP contribution is -2.42. The number of hydrogen-bond donors (Lipinski definition) is 3. The molecule has 0 spiro atoms. The van der Waals surface area contributed by atoms with Crippen LogP contribution in [-0.2, 0) is 11.3 Å². The Morgan fingerprint density at radius 1 is 1.33 bits per heavy atom. The number of halogens is 1. The van der Waals surface area contributed by atoms with Crippen molar-refractivity contribution in [2.45, 2.75) is 33.4 Å². The zero-order valence-electron chi connectivity index (χ0n) is 12.7. The second kappa shape index (κ2) is 6.96. The Morgan fingerprint density at radius 2 is 2.10 bits per heavy atom. The van der Waals surface area contributed by atoms with Gasteiger partial charge >= 0.3 is 0 Å². The van der Waals surface area contributed by atoms with E-state index in [4.69, 9.17) is 11.6 Å². The van der Waals surface area contributed by atoms with Gasteiger partial charge in [0.2, 0.25) is 5.91 Å². The molecule has 1 unspecified atom stereocenters. The van der Waals surface area contributed by atoms with Gasteiger partial charge in [0, 0.05) is 35.2 Å². The summed E-state index contributed by atoms with van der Waals surface area (Å²) in [4.78, 5) is 15.1. The molecule has 1 heterocycles. The van der Waals surface area contributed by atoms with E-state index < -0.39 is 0 Å². The Labute approximate surface area is 130 Å². The van der Waals surface area contributed by atoms with Gasteiger partial charge in [0.1, 0.15) is 0 Å². The van der Waals surface area contributed by atoms with Crippen LogP contribution in [0.15, 0.2) is 24.4 Å². The number of hydrogen-bond acceptors (Lipinski definition) is 2. The molecule has 1 amide bonds. The molecule has 0 bridgehead atoms. The van der Waals surface area contributed by atoms with Crippen molar-refractivity contribution >= 4 is 28.4 Å². The second-order valence-corrected chi connectivity index (χ2v) is 6.18. The smallest absolute Gasteiger partial charge is 0.236 e. The van der Waals surface area contributed by atoms with E-state index in [-0.39, 0.29) is 11.9 Å². The Hall–Kier alpha value is -1.52. The monoisotopic (exact) mass is 307 g/mol. The summed E-state index contributed by atoms with van der Waals surface area (Å²) in [5.41, 5.74) is 2.14. The zero-order valence-corrected chi connectivity index (χ0v) is 13.4. The van der Waals surface area contributed by atoms with Crippen molar-refractivity contribution in [3.8, 4) is 0 Å². The third-order valence-corrected chi connectivity index (χ3v) is 3.64. The van der Waals surface area contributed by atoms with Gasteiger partial charge in [-0.3, -0.25) is 4.79 Å². The maximum absolute atomic E-state index is 11.9. The first-order valence-electron chi connectivity index (χ1n) is 7.24. The molecule has 2 rings (SSSR count). The van der Waals surface area contributed by atoms with Crippen LogP contribution >= 0.6 is 11.6 Å². The highest BCUT2D eigenvalue weighted by molar-refractivity contribution is 6.31. The number of amides is 1. The highest BCUT2D eigenvalue weighted by atomic mass is 35.5. The molecule has 21 heavy (non-hydrogen) atoms. The van der Waals surface area contributed by atoms with Crippen LogP contribution in [0.4, 0.5) is 0 Å². The molecule has 1 aromatic heterocycles. The number of H-pyrrole nitrogens is 1. The van der Waals surface area contributed by atoms with Crippen LogP contribution in [0.3, 0.4) is 0 Å². The number of aromatic nitrogens is 1. The number of nitrogens with one attached hydrogen (secondary N) is 3. The average molecular weight is 308 g/mol. The van der Waals surface area contributed by atoms with E-state index in [0.717, 1.165) is 16.5 Å². The standard InChI is InChI=1S/C16H22ClN3O/c1-10(2)7-20-16(21)11(3)18-8-12-9-19-15-6-13(17)4-5-14(12)15/h4-6,9-11,18-19H,7-8H2,1-3H3,(H,20,21). The summed E-state index contributed by atoms with van der Waals surface area (Å²) in [6, 6.07) is 5.55. The van der Waals surface area contributed by atoms with Crippen LogP contribution in [0.2, 0.25) is 5.02 Å². The van der Waals surface area contributed by atoms with Crippen LogP contribution in [0.25, 0.3) is 10.9 Å². The molecule has 1 atom stereocenters. The van der Waals surface area contributed by atoms with Crippen molar-refractivity contribution < 1.29 is 4.79 Å². The van der Waals surface area contributed by atoms with Gasteiger partial charge in [0.15, 0.2) is 0 Å². The van der Waals surface area contributed by atoms with Crippen LogP contribution < -0.4 is 10.6 Å². The van der Waals surface area contributed by atoms with Gasteiger partial charge < -0.3 is 15.6 Å². The minimum absolute atomic E-state index is 0.0339. The Morgan fingerprint density at radius 3 is 2.81 bits per heavy atom. The fourth-order valence-corrected chi connectivity index (χ4v) is 2.29. The normalized spacial score (nSPS) is 12.8. The number of fused-ring (bicyclic) bond motifs is 1. The summed E-state index contributed by atoms with van der Waals surface area (Å²) in [6.45, 7) is 7.38. The first-order valence-corrected chi connectivity index (χ1v) is 7.61. The van der Waals surface area contributed by atoms with Crippen molar-refractivity contribution in [1.29, 1.82) is 0 Å². The van der Waals surface area contributed by atoms with Crippen LogP contribution in [-0.4, -0.2) is 23.5 Å². The first kappa shape index (κ1) is 15.9. The van der Waals surface area contributed by atoms with Crippen molar-refractivity contribution in [2.24, 2.45) is 5.92 Å². The highest BCUT2D eigenvalue weighted by Crippen LogP contribution is 2.21. The molecule has 0 aliphatic rings. The average Bonchev–Trinajstić information content (AvgIpc) is 2.84. The fourth-order valence-electron chi connectivity index (χ4n) is 2.12. The molecule has 2 aromatic rings. The molecule has 4 nitrogen and oxygen atoms in total. The van der Waals surface area contributed by atoms with Gasteiger partial charge in [-0.2, -0.15) is 0 Å². The van der Waals surface area contributed by atoms with Crippen molar-refractivity contribution in [1.82, 2.24) is 15.6 Å². The summed E-state index contributed by atoms with van der Waals surface area (Å²) in [5.74, 6) is 0.492. The third kappa shape index (κ3) is 4.22. The fraction of sp³-hybridized carbons (Fsp3) is 0.438. The molecule has 0 aliphatic carbocycles. The van der Waals surface area contributed by atoms with E-state index in [9.17, 15) is 4.79 Å². The van der Waals surface area contributed by atoms with E-state index in [0.29, 0.717) is 24.0 Å². The maximum Gasteiger partial charge on any atom is 0.236 e. The van der Waals surface area contributed by atoms with Gasteiger partial charge in [-0.15, -0.1) is 0 Å². The highest BCUT2D eigenvalue weighted by Gasteiger charge is 2.13. The summed E-state index contributed by atoms with van der Waals surface area (Å²) in [5, 5.41) is 8.02. The minimum Gasteiger partial charge on any atom is -0.361 e. The molecule has 0 radical (unpaired) electrons. The topological polar surface area (TPSA) is 56.9 Å². The molecular weight excluding hydrogens is 286 g/mol. The molecule has 0 fully saturated rings. The number of aromatic amines is 1.